The Morgan fingerprint density at radius 3 is 2.14 bits per heavy atom. The lowest BCUT2D eigenvalue weighted by molar-refractivity contribution is -0.393. The maximum Gasteiger partial charge on any atom is 0.305 e. The molecule has 43 heavy (non-hydrogen) atoms. The highest BCUT2D eigenvalue weighted by atomic mass is 35.5. The van der Waals surface area contributed by atoms with Crippen LogP contribution in [0.15, 0.2) is 34.5 Å². The Kier molecular flexibility index (Phi) is 14.2. The Bertz CT molecular complexity index is 1400. The zero-order chi connectivity index (χ0) is 31.8. The molecule has 2 aromatic carbocycles. The monoisotopic (exact) mass is 616 g/mol. The summed E-state index contributed by atoms with van der Waals surface area (Å²) in [6.07, 6.45) is 0.579. The summed E-state index contributed by atoms with van der Waals surface area (Å²) in [5, 5.41) is 50.6. The molecule has 1 amide bonds. The minimum atomic E-state index is -0.869. The number of nitro benzene ring substituents is 2. The van der Waals surface area contributed by atoms with Gasteiger partial charge >= 0.3 is 5.69 Å². The molecule has 0 bridgehead atoms. The highest BCUT2D eigenvalue weighted by molar-refractivity contribution is 6.33. The van der Waals surface area contributed by atoms with Gasteiger partial charge in [0.2, 0.25) is 5.91 Å². The summed E-state index contributed by atoms with van der Waals surface area (Å²) >= 11 is 6.10. The molecule has 0 saturated heterocycles. The molecule has 0 saturated carbocycles. The molecule has 0 aliphatic heterocycles. The minimum absolute atomic E-state index is 0.0570. The van der Waals surface area contributed by atoms with Gasteiger partial charge in [-0.05, 0) is 6.07 Å². The SMILES string of the molecule is CCC(=O)Nc1cc(N(CCOCCC#N)CCOCCC#N)c(OC)cc1N=Nc1c(Cl)cc([N+](=O)[O-])cc1[N+](=O)[O-]. The van der Waals surface area contributed by atoms with E-state index in [1.165, 1.54) is 13.2 Å². The average Bonchev–Trinajstić information content (AvgIpc) is 2.98. The predicted molar refractivity (Wildman–Crippen MR) is 155 cm³/mol. The van der Waals surface area contributed by atoms with Gasteiger partial charge in [0, 0.05) is 31.6 Å². The van der Waals surface area contributed by atoms with Crippen molar-refractivity contribution in [2.24, 2.45) is 10.2 Å². The summed E-state index contributed by atoms with van der Waals surface area (Å²) in [4.78, 5) is 35.3. The molecule has 0 aromatic heterocycles. The number of anilines is 2. The number of rotatable bonds is 18. The number of amides is 1. The van der Waals surface area contributed by atoms with Crippen LogP contribution in [-0.2, 0) is 14.3 Å². The lowest BCUT2D eigenvalue weighted by Gasteiger charge is -2.27. The van der Waals surface area contributed by atoms with Crippen LogP contribution in [0.1, 0.15) is 26.2 Å². The van der Waals surface area contributed by atoms with Crippen molar-refractivity contribution in [3.8, 4) is 17.9 Å². The fourth-order valence-electron chi connectivity index (χ4n) is 3.55. The number of carbonyl (C=O) groups excluding carboxylic acids is 1. The van der Waals surface area contributed by atoms with E-state index in [-0.39, 0.29) is 68.0 Å². The highest BCUT2D eigenvalue weighted by Gasteiger charge is 2.24. The van der Waals surface area contributed by atoms with Crippen molar-refractivity contribution >= 4 is 51.6 Å². The van der Waals surface area contributed by atoms with Crippen molar-refractivity contribution < 1.29 is 28.9 Å². The Morgan fingerprint density at radius 2 is 1.63 bits per heavy atom. The first-order valence-corrected chi connectivity index (χ1v) is 13.2. The number of nitrogens with one attached hydrogen (secondary N) is 1. The van der Waals surface area contributed by atoms with Crippen LogP contribution >= 0.6 is 11.6 Å². The van der Waals surface area contributed by atoms with Crippen LogP contribution in [0.25, 0.3) is 0 Å². The molecule has 2 rings (SSSR count). The maximum absolute atomic E-state index is 12.4. The molecule has 0 radical (unpaired) electrons. The number of non-ortho nitro benzene ring substituents is 1. The standard InChI is InChI=1S/C26H29ClN8O8/c1-3-25(36)30-20-16-22(33(8-12-42-10-4-6-28)9-13-43-11-5-7-29)24(41-2)17-21(20)31-32-26-19(27)14-18(34(37)38)15-23(26)35(39)40/h14-17H,3-5,8-13H2,1-2H3,(H,30,36). The van der Waals surface area contributed by atoms with E-state index in [0.717, 1.165) is 12.1 Å². The molecule has 0 heterocycles. The van der Waals surface area contributed by atoms with Crippen molar-refractivity contribution in [3.05, 3.63) is 49.5 Å². The summed E-state index contributed by atoms with van der Waals surface area (Å²) in [7, 11) is 1.41. The first kappa shape index (κ1) is 34.3. The number of hydrogen-bond donors (Lipinski definition) is 1. The Hall–Kier alpha value is -4.90. The number of nitrogens with zero attached hydrogens (tertiary/aromatic N) is 7. The van der Waals surface area contributed by atoms with Gasteiger partial charge in [-0.2, -0.15) is 10.5 Å². The molecule has 0 atom stereocenters. The van der Waals surface area contributed by atoms with Gasteiger partial charge in [-0.3, -0.25) is 25.0 Å². The van der Waals surface area contributed by atoms with Crippen molar-refractivity contribution in [2.75, 3.05) is 56.8 Å². The maximum atomic E-state index is 12.4. The molecular weight excluding hydrogens is 588 g/mol. The van der Waals surface area contributed by atoms with Crippen LogP contribution in [0.4, 0.5) is 34.1 Å². The first-order valence-electron chi connectivity index (χ1n) is 12.9. The van der Waals surface area contributed by atoms with Gasteiger partial charge in [0.25, 0.3) is 5.69 Å². The number of halogens is 1. The van der Waals surface area contributed by atoms with E-state index in [2.05, 4.69) is 15.5 Å². The van der Waals surface area contributed by atoms with Gasteiger partial charge in [-0.15, -0.1) is 10.2 Å². The van der Waals surface area contributed by atoms with E-state index in [1.54, 1.807) is 13.0 Å². The topological polar surface area (TPSA) is 219 Å². The summed E-state index contributed by atoms with van der Waals surface area (Å²) in [5.41, 5.74) is -0.983. The van der Waals surface area contributed by atoms with E-state index < -0.39 is 26.9 Å². The number of nitriles is 2. The average molecular weight is 617 g/mol. The number of benzene rings is 2. The van der Waals surface area contributed by atoms with Gasteiger partial charge in [-0.1, -0.05) is 18.5 Å². The number of carbonyl (C=O) groups is 1. The molecule has 17 heteroatoms. The summed E-state index contributed by atoms with van der Waals surface area (Å²) in [6, 6.07) is 8.68. The fraction of sp³-hybridized carbons (Fsp3) is 0.423. The first-order chi connectivity index (χ1) is 20.7. The van der Waals surface area contributed by atoms with E-state index >= 15 is 0 Å². The highest BCUT2D eigenvalue weighted by Crippen LogP contribution is 2.43. The Labute approximate surface area is 251 Å². The number of hydrogen-bond acceptors (Lipinski definition) is 13. The van der Waals surface area contributed by atoms with E-state index in [1.807, 2.05) is 17.0 Å². The summed E-state index contributed by atoms with van der Waals surface area (Å²) < 4.78 is 16.7. The third-order valence-corrected chi connectivity index (χ3v) is 5.94. The van der Waals surface area contributed by atoms with Crippen LogP contribution in [-0.4, -0.2) is 62.4 Å². The molecule has 0 aliphatic rings. The zero-order valence-corrected chi connectivity index (χ0v) is 24.2. The van der Waals surface area contributed by atoms with Crippen molar-refractivity contribution in [2.45, 2.75) is 26.2 Å². The second kappa shape index (κ2) is 17.8. The van der Waals surface area contributed by atoms with Crippen LogP contribution in [0.2, 0.25) is 5.02 Å². The second-order valence-corrected chi connectivity index (χ2v) is 8.89. The quantitative estimate of drug-likeness (QED) is 0.0940. The molecular formula is C26H29ClN8O8. The molecule has 1 N–H and O–H groups in total. The third-order valence-electron chi connectivity index (χ3n) is 5.65. The van der Waals surface area contributed by atoms with Gasteiger partial charge in [-0.25, -0.2) is 0 Å². The molecule has 0 spiro atoms. The van der Waals surface area contributed by atoms with Crippen LogP contribution < -0.4 is 15.0 Å². The smallest absolute Gasteiger partial charge is 0.305 e. The molecule has 0 aliphatic carbocycles. The molecule has 0 unspecified atom stereocenters. The minimum Gasteiger partial charge on any atom is -0.494 e. The number of ether oxygens (including phenoxy) is 3. The van der Waals surface area contributed by atoms with Crippen LogP contribution in [0, 0.1) is 42.9 Å². The molecule has 2 aromatic rings. The molecule has 16 nitrogen and oxygen atoms in total. The van der Waals surface area contributed by atoms with Crippen molar-refractivity contribution in [1.29, 1.82) is 10.5 Å². The van der Waals surface area contributed by atoms with Gasteiger partial charge < -0.3 is 24.4 Å². The summed E-state index contributed by atoms with van der Waals surface area (Å²) in [5.74, 6) is -0.0695. The number of nitro groups is 2. The van der Waals surface area contributed by atoms with Crippen molar-refractivity contribution in [3.63, 3.8) is 0 Å². The zero-order valence-electron chi connectivity index (χ0n) is 23.4. The normalized spacial score (nSPS) is 10.6. The number of methoxy groups -OCH3 is 1. The molecule has 228 valence electrons. The third kappa shape index (κ3) is 10.5. The predicted octanol–water partition coefficient (Wildman–Crippen LogP) is 5.60. The van der Waals surface area contributed by atoms with Crippen LogP contribution in [0.5, 0.6) is 5.75 Å². The van der Waals surface area contributed by atoms with Gasteiger partial charge in [0.1, 0.15) is 11.4 Å². The Balaban J connectivity index is 2.57. The van der Waals surface area contributed by atoms with E-state index in [0.29, 0.717) is 24.5 Å². The van der Waals surface area contributed by atoms with Crippen molar-refractivity contribution in [1.82, 2.24) is 0 Å². The fourth-order valence-corrected chi connectivity index (χ4v) is 3.80. The van der Waals surface area contributed by atoms with Gasteiger partial charge in [0.05, 0.1) is 90.8 Å². The lowest BCUT2D eigenvalue weighted by atomic mass is 10.2. The van der Waals surface area contributed by atoms with E-state index in [4.69, 9.17) is 36.3 Å². The molecule has 0 fully saturated rings. The van der Waals surface area contributed by atoms with E-state index in [9.17, 15) is 25.0 Å². The van der Waals surface area contributed by atoms with Crippen LogP contribution in [0.3, 0.4) is 0 Å². The lowest BCUT2D eigenvalue weighted by Crippen LogP contribution is -2.31. The largest absolute Gasteiger partial charge is 0.494 e. The number of azo groups is 1. The second-order valence-electron chi connectivity index (χ2n) is 8.48. The van der Waals surface area contributed by atoms with Gasteiger partial charge in [0.15, 0.2) is 5.69 Å². The Morgan fingerprint density at radius 1 is 1.00 bits per heavy atom. The summed E-state index contributed by atoms with van der Waals surface area (Å²) in [6.45, 7) is 3.33.